The van der Waals surface area contributed by atoms with E-state index < -0.39 is 6.10 Å². The molecular formula is C19H27NO4. The fourth-order valence-electron chi connectivity index (χ4n) is 4.08. The number of rotatable bonds is 1. The zero-order chi connectivity index (χ0) is 17.3. The van der Waals surface area contributed by atoms with E-state index in [0.717, 1.165) is 31.0 Å². The topological polar surface area (TPSA) is 62.2 Å². The number of hydrogen-bond acceptors (Lipinski definition) is 5. The molecule has 0 unspecified atom stereocenters. The summed E-state index contributed by atoms with van der Waals surface area (Å²) in [7, 11) is 3.84. The van der Waals surface area contributed by atoms with Crippen molar-refractivity contribution in [2.45, 2.75) is 43.9 Å². The van der Waals surface area contributed by atoms with Crippen LogP contribution in [0.3, 0.4) is 0 Å². The first-order chi connectivity index (χ1) is 11.6. The molecule has 3 aliphatic rings. The van der Waals surface area contributed by atoms with Crippen molar-refractivity contribution in [1.29, 1.82) is 0 Å². The molecular weight excluding hydrogens is 306 g/mol. The number of nitrogens with zero attached hydrogens (tertiary/aromatic N) is 1. The maximum absolute atomic E-state index is 9.97. The third-order valence-corrected chi connectivity index (χ3v) is 5.15. The Morgan fingerprint density at radius 1 is 1.42 bits per heavy atom. The number of benzene rings is 1. The fourth-order valence-corrected chi connectivity index (χ4v) is 4.08. The normalized spacial score (nSPS) is 30.4. The highest BCUT2D eigenvalue weighted by molar-refractivity contribution is 5.60. The van der Waals surface area contributed by atoms with Crippen molar-refractivity contribution in [3.63, 3.8) is 0 Å². The molecule has 1 aromatic carbocycles. The molecule has 5 nitrogen and oxygen atoms in total. The third kappa shape index (κ3) is 2.70. The smallest absolute Gasteiger partial charge is 0.166 e. The third-order valence-electron chi connectivity index (χ3n) is 5.15. The van der Waals surface area contributed by atoms with Crippen LogP contribution >= 0.6 is 0 Å². The highest BCUT2D eigenvalue weighted by atomic mass is 16.5. The molecule has 0 radical (unpaired) electrons. The highest BCUT2D eigenvalue weighted by Crippen LogP contribution is 2.55. The molecule has 5 heteroatoms. The van der Waals surface area contributed by atoms with E-state index in [9.17, 15) is 5.11 Å². The maximum atomic E-state index is 9.97. The minimum absolute atomic E-state index is 0.00838. The second-order valence-electron chi connectivity index (χ2n) is 6.74. The Bertz CT molecular complexity index is 630. The van der Waals surface area contributed by atoms with Gasteiger partial charge >= 0.3 is 0 Å². The molecule has 0 fully saturated rings. The van der Waals surface area contributed by atoms with Gasteiger partial charge in [0.15, 0.2) is 11.5 Å². The van der Waals surface area contributed by atoms with Crippen LogP contribution < -0.4 is 9.47 Å². The number of aliphatic hydroxyl groups is 2. The fraction of sp³-hybridized carbons (Fsp3) is 0.579. The molecule has 0 bridgehead atoms. The average Bonchev–Trinajstić information content (AvgIpc) is 2.81. The molecule has 2 aliphatic heterocycles. The van der Waals surface area contributed by atoms with Crippen molar-refractivity contribution in [2.24, 2.45) is 0 Å². The first-order valence-corrected chi connectivity index (χ1v) is 8.59. The number of aliphatic hydroxyl groups excluding tert-OH is 2. The first kappa shape index (κ1) is 17.3. The molecule has 2 heterocycles. The van der Waals surface area contributed by atoms with Gasteiger partial charge in [-0.05, 0) is 38.6 Å². The summed E-state index contributed by atoms with van der Waals surface area (Å²) in [5, 5.41) is 17.5. The van der Waals surface area contributed by atoms with Crippen LogP contribution in [0.1, 0.15) is 30.9 Å². The summed E-state index contributed by atoms with van der Waals surface area (Å²) in [6, 6.07) is 4.16. The average molecular weight is 333 g/mol. The second kappa shape index (κ2) is 6.75. The molecule has 0 aromatic heterocycles. The van der Waals surface area contributed by atoms with Crippen LogP contribution in [-0.2, 0) is 12.0 Å². The summed E-state index contributed by atoms with van der Waals surface area (Å²) in [6.45, 7) is 3.89. The summed E-state index contributed by atoms with van der Waals surface area (Å²) < 4.78 is 11.8. The van der Waals surface area contributed by atoms with Crippen molar-refractivity contribution in [1.82, 2.24) is 4.90 Å². The van der Waals surface area contributed by atoms with E-state index in [1.54, 1.807) is 14.0 Å². The predicted octanol–water partition coefficient (Wildman–Crippen LogP) is 1.85. The van der Waals surface area contributed by atoms with Gasteiger partial charge in [-0.2, -0.15) is 0 Å². The van der Waals surface area contributed by atoms with E-state index >= 15 is 0 Å². The molecule has 0 amide bonds. The van der Waals surface area contributed by atoms with Gasteiger partial charge < -0.3 is 24.6 Å². The van der Waals surface area contributed by atoms with Gasteiger partial charge in [0.1, 0.15) is 6.10 Å². The van der Waals surface area contributed by atoms with Crippen molar-refractivity contribution in [3.05, 3.63) is 35.4 Å². The Kier molecular flexibility index (Phi) is 4.85. The lowest BCUT2D eigenvalue weighted by Gasteiger charge is -2.35. The zero-order valence-corrected chi connectivity index (χ0v) is 14.7. The van der Waals surface area contributed by atoms with Gasteiger partial charge in [0.2, 0.25) is 0 Å². The first-order valence-electron chi connectivity index (χ1n) is 8.59. The van der Waals surface area contributed by atoms with Crippen molar-refractivity contribution in [2.75, 3.05) is 27.3 Å². The standard InChI is InChI=1S/C17H21NO3.C2H6O/c1-18-8-7-17-6-5-12(19)9-14(17)21-16-13(20-2)4-3-11(10-18)15(16)17;1-2-3/h3-6,12,14,19H,7-10H2,1-2H3;3H,2H2,1H3/t12-,14-,17-;/m0./s1. The van der Waals surface area contributed by atoms with Gasteiger partial charge in [-0.3, -0.25) is 0 Å². The van der Waals surface area contributed by atoms with Crippen LogP contribution in [0.25, 0.3) is 0 Å². The number of ether oxygens (including phenoxy) is 2. The molecule has 1 aromatic rings. The summed E-state index contributed by atoms with van der Waals surface area (Å²) in [5.74, 6) is 1.68. The molecule has 1 spiro atoms. The van der Waals surface area contributed by atoms with Crippen LogP contribution in [0.5, 0.6) is 11.5 Å². The largest absolute Gasteiger partial charge is 0.493 e. The van der Waals surface area contributed by atoms with Crippen molar-refractivity contribution >= 4 is 0 Å². The molecule has 0 saturated heterocycles. The minimum Gasteiger partial charge on any atom is -0.493 e. The number of methoxy groups -OCH3 is 1. The second-order valence-corrected chi connectivity index (χ2v) is 6.74. The molecule has 24 heavy (non-hydrogen) atoms. The number of hydrogen-bond donors (Lipinski definition) is 2. The Morgan fingerprint density at radius 2 is 2.17 bits per heavy atom. The SMILES string of the molecule is CCO.COc1ccc2c3c1O[C@H]1C[C@@H](O)C=C[C@@]31CCN(C)C2. The Hall–Kier alpha value is -1.56. The monoisotopic (exact) mass is 333 g/mol. The molecule has 4 rings (SSSR count). The van der Waals surface area contributed by atoms with E-state index in [2.05, 4.69) is 24.1 Å². The summed E-state index contributed by atoms with van der Waals surface area (Å²) >= 11 is 0. The van der Waals surface area contributed by atoms with E-state index in [1.165, 1.54) is 11.1 Å². The van der Waals surface area contributed by atoms with Crippen LogP contribution in [0.2, 0.25) is 0 Å². The quantitative estimate of drug-likeness (QED) is 0.768. The van der Waals surface area contributed by atoms with Gasteiger partial charge in [-0.25, -0.2) is 0 Å². The van der Waals surface area contributed by atoms with E-state index in [1.807, 2.05) is 12.1 Å². The summed E-state index contributed by atoms with van der Waals surface area (Å²) in [6.07, 6.45) is 5.38. The lowest BCUT2D eigenvalue weighted by Crippen LogP contribution is -2.42. The lowest BCUT2D eigenvalue weighted by atomic mass is 9.69. The molecule has 1 aliphatic carbocycles. The van der Waals surface area contributed by atoms with Gasteiger partial charge in [-0.15, -0.1) is 0 Å². The van der Waals surface area contributed by atoms with Gasteiger partial charge in [-0.1, -0.05) is 18.2 Å². The maximum Gasteiger partial charge on any atom is 0.166 e. The highest BCUT2D eigenvalue weighted by Gasteiger charge is 2.52. The van der Waals surface area contributed by atoms with Gasteiger partial charge in [0.05, 0.1) is 18.6 Å². The van der Waals surface area contributed by atoms with Crippen LogP contribution in [0, 0.1) is 0 Å². The van der Waals surface area contributed by atoms with Crippen LogP contribution in [-0.4, -0.2) is 54.6 Å². The summed E-state index contributed by atoms with van der Waals surface area (Å²) in [5.41, 5.74) is 2.48. The minimum atomic E-state index is -0.412. The Labute approximate surface area is 143 Å². The molecule has 132 valence electrons. The van der Waals surface area contributed by atoms with E-state index in [-0.39, 0.29) is 18.1 Å². The van der Waals surface area contributed by atoms with Gasteiger partial charge in [0, 0.05) is 25.1 Å². The van der Waals surface area contributed by atoms with Crippen molar-refractivity contribution in [3.8, 4) is 11.5 Å². The molecule has 0 saturated carbocycles. The van der Waals surface area contributed by atoms with E-state index in [0.29, 0.717) is 6.42 Å². The molecule has 3 atom stereocenters. The Balaban J connectivity index is 0.000000526. The van der Waals surface area contributed by atoms with Crippen LogP contribution in [0.15, 0.2) is 24.3 Å². The van der Waals surface area contributed by atoms with E-state index in [4.69, 9.17) is 14.6 Å². The molecule has 2 N–H and O–H groups in total. The zero-order valence-electron chi connectivity index (χ0n) is 14.7. The van der Waals surface area contributed by atoms with Gasteiger partial charge in [0.25, 0.3) is 0 Å². The predicted molar refractivity (Wildman–Crippen MR) is 92.6 cm³/mol. The lowest BCUT2D eigenvalue weighted by molar-refractivity contribution is 0.0821. The van der Waals surface area contributed by atoms with Crippen LogP contribution in [0.4, 0.5) is 0 Å². The Morgan fingerprint density at radius 3 is 2.88 bits per heavy atom. The van der Waals surface area contributed by atoms with Crippen molar-refractivity contribution < 1.29 is 19.7 Å². The summed E-state index contributed by atoms with van der Waals surface area (Å²) in [4.78, 5) is 2.35.